The van der Waals surface area contributed by atoms with Gasteiger partial charge in [0.2, 0.25) is 0 Å². The molecule has 0 aromatic carbocycles. The number of fused-ring (bicyclic) bond motifs is 12. The first kappa shape index (κ1) is 21.2. The first-order chi connectivity index (χ1) is 14.7. The van der Waals surface area contributed by atoms with Crippen LogP contribution in [-0.2, 0) is 74.1 Å². The average Bonchev–Trinajstić information content (AvgIpc) is 2.54. The molecule has 6 fully saturated rings. The molecule has 12 bridgehead atoms. The normalized spacial score (nSPS) is 57.6. The lowest BCUT2D eigenvalue weighted by Gasteiger charge is -2.44. The van der Waals surface area contributed by atoms with Gasteiger partial charge in [0.05, 0.1) is 0 Å². The minimum atomic E-state index is -2.87. The van der Waals surface area contributed by atoms with E-state index in [2.05, 4.69) is 0 Å². The van der Waals surface area contributed by atoms with Crippen molar-refractivity contribution in [2.45, 2.75) is 0 Å². The van der Waals surface area contributed by atoms with Gasteiger partial charge in [-0.2, -0.15) is 0 Å². The van der Waals surface area contributed by atoms with E-state index in [0.717, 1.165) is 0 Å². The van der Waals surface area contributed by atoms with Crippen molar-refractivity contribution in [3.8, 4) is 0 Å². The van der Waals surface area contributed by atoms with Gasteiger partial charge in [0.1, 0.15) is 0 Å². The summed E-state index contributed by atoms with van der Waals surface area (Å²) < 4.78 is 107. The Morgan fingerprint density at radius 3 is 0.267 bits per heavy atom. The van der Waals surface area contributed by atoms with Crippen LogP contribution < -0.4 is 0 Å². The van der Waals surface area contributed by atoms with Crippen LogP contribution in [0.3, 0.4) is 0 Å². The van der Waals surface area contributed by atoms with Crippen molar-refractivity contribution in [3.05, 3.63) is 0 Å². The standard InChI is InChI=1S/H12O18Si12/c1-19-7-21-2-22-8-20(1)10-24-3-23(9-19)13-27-5-28(14-24)18-30-6-29(17-27)15-25(11-21)4-26(12-22)16-30/h19-30H. The summed E-state index contributed by atoms with van der Waals surface area (Å²) >= 11 is 0. The first-order valence-electron chi connectivity index (χ1n) is 8.49. The van der Waals surface area contributed by atoms with Gasteiger partial charge < -0.3 is 74.1 Å². The van der Waals surface area contributed by atoms with Crippen LogP contribution in [0.2, 0.25) is 0 Å². The lowest BCUT2D eigenvalue weighted by molar-refractivity contribution is 0.0429. The van der Waals surface area contributed by atoms with Crippen molar-refractivity contribution in [2.24, 2.45) is 0 Å². The van der Waals surface area contributed by atoms with Crippen LogP contribution in [-0.4, -0.2) is 114 Å². The molecule has 0 amide bonds. The Labute approximate surface area is 188 Å². The van der Waals surface area contributed by atoms with E-state index in [1.54, 1.807) is 0 Å². The highest BCUT2D eigenvalue weighted by molar-refractivity contribution is 6.82. The van der Waals surface area contributed by atoms with Gasteiger partial charge >= 0.3 is 114 Å². The molecule has 0 aromatic rings. The van der Waals surface area contributed by atoms with Gasteiger partial charge in [-0.15, -0.1) is 0 Å². The predicted octanol–water partition coefficient (Wildman–Crippen LogP) is -9.01. The van der Waals surface area contributed by atoms with Gasteiger partial charge in [-0.25, -0.2) is 0 Å². The van der Waals surface area contributed by atoms with E-state index in [0.29, 0.717) is 0 Å². The zero-order chi connectivity index (χ0) is 19.7. The lowest BCUT2D eigenvalue weighted by Crippen LogP contribution is -2.68. The number of hydrogen-bond donors (Lipinski definition) is 0. The van der Waals surface area contributed by atoms with Crippen LogP contribution in [0.1, 0.15) is 0 Å². The molecular weight excluding hydrogens is 625 g/mol. The van der Waals surface area contributed by atoms with Crippen molar-refractivity contribution in [1.29, 1.82) is 0 Å². The minimum Gasteiger partial charge on any atom is -0.378 e. The van der Waals surface area contributed by atoms with E-state index in [9.17, 15) is 0 Å². The molecule has 0 atom stereocenters. The van der Waals surface area contributed by atoms with Crippen molar-refractivity contribution >= 4 is 114 Å². The van der Waals surface area contributed by atoms with Gasteiger partial charge in [0.15, 0.2) is 0 Å². The van der Waals surface area contributed by atoms with Crippen LogP contribution in [0.25, 0.3) is 0 Å². The third kappa shape index (κ3) is 4.57. The molecule has 168 valence electrons. The first-order valence-corrected chi connectivity index (χ1v) is 25.5. The maximum absolute atomic E-state index is 5.93. The molecule has 18 nitrogen and oxygen atoms in total. The zero-order valence-electron chi connectivity index (χ0n) is 14.3. The van der Waals surface area contributed by atoms with Crippen LogP contribution in [0, 0.1) is 0 Å². The van der Waals surface area contributed by atoms with E-state index in [4.69, 9.17) is 74.1 Å². The van der Waals surface area contributed by atoms with Crippen LogP contribution in [0.4, 0.5) is 0 Å². The fourth-order valence-corrected chi connectivity index (χ4v) is 45.9. The molecule has 30 heavy (non-hydrogen) atoms. The molecule has 6 aliphatic heterocycles. The Bertz CT molecular complexity index is 439. The summed E-state index contributed by atoms with van der Waals surface area (Å²) in [6.07, 6.45) is 0. The molecule has 6 aliphatic rings. The maximum Gasteiger partial charge on any atom is 0.461 e. The van der Waals surface area contributed by atoms with Crippen LogP contribution in [0.5, 0.6) is 0 Å². The third-order valence-corrected chi connectivity index (χ3v) is 36.0. The second-order valence-corrected chi connectivity index (χ2v) is 32.4. The molecule has 0 N–H and O–H groups in total. The van der Waals surface area contributed by atoms with Gasteiger partial charge in [0, 0.05) is 0 Å². The molecule has 0 spiro atoms. The molecule has 0 unspecified atom stereocenters. The van der Waals surface area contributed by atoms with Crippen LogP contribution in [0.15, 0.2) is 0 Å². The average molecular weight is 637 g/mol. The summed E-state index contributed by atoms with van der Waals surface area (Å²) in [7, 11) is -34.4. The lowest BCUT2D eigenvalue weighted by atomic mass is 15.5. The van der Waals surface area contributed by atoms with E-state index in [1.807, 2.05) is 0 Å². The van der Waals surface area contributed by atoms with Gasteiger partial charge in [-0.1, -0.05) is 0 Å². The molecule has 0 aliphatic carbocycles. The smallest absolute Gasteiger partial charge is 0.378 e. The molecule has 0 radical (unpaired) electrons. The molecule has 6 saturated heterocycles. The van der Waals surface area contributed by atoms with Crippen molar-refractivity contribution in [3.63, 3.8) is 0 Å². The molecule has 0 saturated carbocycles. The zero-order valence-corrected chi connectivity index (χ0v) is 28.1. The second kappa shape index (κ2) is 8.83. The fourth-order valence-electron chi connectivity index (χ4n) is 2.79. The van der Waals surface area contributed by atoms with Crippen molar-refractivity contribution in [1.82, 2.24) is 0 Å². The van der Waals surface area contributed by atoms with E-state index >= 15 is 0 Å². The van der Waals surface area contributed by atoms with Gasteiger partial charge in [0.25, 0.3) is 0 Å². The summed E-state index contributed by atoms with van der Waals surface area (Å²) in [5, 5.41) is 0. The van der Waals surface area contributed by atoms with E-state index in [1.165, 1.54) is 0 Å². The summed E-state index contributed by atoms with van der Waals surface area (Å²) in [5.41, 5.74) is 0. The topological polar surface area (TPSA) is 166 Å². The highest BCUT2D eigenvalue weighted by Gasteiger charge is 2.55. The fraction of sp³-hybridized carbons (Fsp3) is 0. The summed E-state index contributed by atoms with van der Waals surface area (Å²) in [6, 6.07) is 0. The minimum absolute atomic E-state index is 2.87. The Morgan fingerprint density at radius 1 is 0.133 bits per heavy atom. The molecule has 30 heteroatoms. The van der Waals surface area contributed by atoms with Crippen LogP contribution >= 0.6 is 0 Å². The van der Waals surface area contributed by atoms with Crippen molar-refractivity contribution in [2.75, 3.05) is 0 Å². The Kier molecular flexibility index (Phi) is 6.24. The molecule has 6 rings (SSSR count). The van der Waals surface area contributed by atoms with E-state index < -0.39 is 114 Å². The van der Waals surface area contributed by atoms with Gasteiger partial charge in [-0.3, -0.25) is 0 Å². The SMILES string of the molecule is O1[SiH]2O[SiH]3O[SiH]4O[SiH]1O[SiH]1O[SiH](O2)O[SiH]2O[SiH](O1)O[SiH]1O[SiH](O[SiH](O[SiH](O4)O1)O3)O2. The largest absolute Gasteiger partial charge is 0.461 e. The summed E-state index contributed by atoms with van der Waals surface area (Å²) in [5.74, 6) is 0. The molecule has 6 heterocycles. The van der Waals surface area contributed by atoms with Crippen molar-refractivity contribution < 1.29 is 74.1 Å². The Morgan fingerprint density at radius 2 is 0.200 bits per heavy atom. The Balaban J connectivity index is 1.34. The molecule has 0 aromatic heterocycles. The predicted molar refractivity (Wildman–Crippen MR) is 105 cm³/mol. The monoisotopic (exact) mass is 636 g/mol. The highest BCUT2D eigenvalue weighted by Crippen LogP contribution is 2.26. The molecular formula is H12O18Si12. The second-order valence-electron chi connectivity index (χ2n) is 5.91. The number of hydrogen-bond acceptors (Lipinski definition) is 18. The summed E-state index contributed by atoms with van der Waals surface area (Å²) in [6.45, 7) is 0. The number of rotatable bonds is 0. The van der Waals surface area contributed by atoms with Gasteiger partial charge in [-0.05, 0) is 0 Å². The maximum atomic E-state index is 5.93. The quantitative estimate of drug-likeness (QED) is 0.230. The summed E-state index contributed by atoms with van der Waals surface area (Å²) in [4.78, 5) is 0. The third-order valence-electron chi connectivity index (χ3n) is 4.00. The highest BCUT2D eigenvalue weighted by atomic mass is 28.6. The van der Waals surface area contributed by atoms with E-state index in [-0.39, 0.29) is 0 Å². The Hall–Kier alpha value is 1.88.